The molecule has 1 rings (SSSR count). The molecule has 0 radical (unpaired) electrons. The number of rotatable bonds is 4. The summed E-state index contributed by atoms with van der Waals surface area (Å²) in [5.74, 6) is -0.580. The van der Waals surface area contributed by atoms with Gasteiger partial charge in [0.1, 0.15) is 5.75 Å². The Bertz CT molecular complexity index is 477. The number of ether oxygens (including phenoxy) is 1. The zero-order valence-electron chi connectivity index (χ0n) is 9.19. The van der Waals surface area contributed by atoms with Crippen molar-refractivity contribution in [2.45, 2.75) is 4.84 Å². The predicted octanol–water partition coefficient (Wildman–Crippen LogP) is 2.32. The highest BCUT2D eigenvalue weighted by atomic mass is 35.5. The fourth-order valence-electron chi connectivity index (χ4n) is 1.06. The van der Waals surface area contributed by atoms with Crippen molar-refractivity contribution in [3.63, 3.8) is 0 Å². The number of amidine groups is 1. The minimum atomic E-state index is -1.33. The lowest BCUT2D eigenvalue weighted by Gasteiger charge is -2.07. The van der Waals surface area contributed by atoms with Crippen LogP contribution in [-0.4, -0.2) is 23.8 Å². The Morgan fingerprint density at radius 3 is 2.67 bits per heavy atom. The van der Waals surface area contributed by atoms with Gasteiger partial charge < -0.3 is 15.3 Å². The van der Waals surface area contributed by atoms with Crippen LogP contribution in [0.15, 0.2) is 23.4 Å². The molecule has 8 heteroatoms. The first-order valence-corrected chi connectivity index (χ1v) is 5.87. The highest BCUT2D eigenvalue weighted by molar-refractivity contribution is 6.52. The van der Waals surface area contributed by atoms with Crippen LogP contribution in [0.2, 0.25) is 5.02 Å². The Morgan fingerprint density at radius 1 is 1.44 bits per heavy atom. The average Bonchev–Trinajstić information content (AvgIpc) is 2.35. The fourth-order valence-corrected chi connectivity index (χ4v) is 1.32. The van der Waals surface area contributed by atoms with Gasteiger partial charge in [0.2, 0.25) is 4.84 Å². The van der Waals surface area contributed by atoms with Crippen LogP contribution in [0.3, 0.4) is 0 Å². The van der Waals surface area contributed by atoms with E-state index in [9.17, 15) is 4.79 Å². The van der Waals surface area contributed by atoms with Crippen LogP contribution in [-0.2, 0) is 9.63 Å². The van der Waals surface area contributed by atoms with E-state index in [0.717, 1.165) is 0 Å². The van der Waals surface area contributed by atoms with Crippen molar-refractivity contribution >= 4 is 46.6 Å². The van der Waals surface area contributed by atoms with Crippen LogP contribution in [0, 0.1) is 0 Å². The zero-order chi connectivity index (χ0) is 13.7. The summed E-state index contributed by atoms with van der Waals surface area (Å²) in [7, 11) is 1.46. The molecule has 0 amide bonds. The second-order valence-corrected chi connectivity index (χ2v) is 4.56. The summed E-state index contributed by atoms with van der Waals surface area (Å²) in [5.41, 5.74) is 6.02. The first kappa shape index (κ1) is 14.9. The predicted molar refractivity (Wildman–Crippen MR) is 70.3 cm³/mol. The van der Waals surface area contributed by atoms with Crippen molar-refractivity contribution in [1.82, 2.24) is 0 Å². The van der Waals surface area contributed by atoms with E-state index in [4.69, 9.17) is 45.3 Å². The van der Waals surface area contributed by atoms with E-state index < -0.39 is 10.8 Å². The summed E-state index contributed by atoms with van der Waals surface area (Å²) in [6.07, 6.45) is 0. The van der Waals surface area contributed by atoms with Crippen molar-refractivity contribution in [3.05, 3.63) is 28.8 Å². The largest absolute Gasteiger partial charge is 0.496 e. The molecule has 0 fully saturated rings. The molecule has 1 aromatic rings. The lowest BCUT2D eigenvalue weighted by molar-refractivity contribution is -0.141. The number of oxime groups is 1. The van der Waals surface area contributed by atoms with Crippen molar-refractivity contribution in [2.75, 3.05) is 7.11 Å². The molecule has 98 valence electrons. The molecule has 0 saturated heterocycles. The van der Waals surface area contributed by atoms with Crippen molar-refractivity contribution < 1.29 is 14.4 Å². The fraction of sp³-hybridized carbons (Fsp3) is 0.200. The second-order valence-electron chi connectivity index (χ2n) is 3.03. The van der Waals surface area contributed by atoms with Gasteiger partial charge in [0, 0.05) is 5.02 Å². The van der Waals surface area contributed by atoms with Crippen LogP contribution in [0.1, 0.15) is 5.56 Å². The van der Waals surface area contributed by atoms with Crippen LogP contribution in [0.5, 0.6) is 5.75 Å². The number of benzene rings is 1. The van der Waals surface area contributed by atoms with Crippen LogP contribution in [0.25, 0.3) is 0 Å². The van der Waals surface area contributed by atoms with Crippen LogP contribution >= 0.6 is 34.8 Å². The van der Waals surface area contributed by atoms with Crippen LogP contribution < -0.4 is 10.5 Å². The van der Waals surface area contributed by atoms with Gasteiger partial charge in [-0.15, -0.1) is 0 Å². The van der Waals surface area contributed by atoms with E-state index in [0.29, 0.717) is 16.3 Å². The maximum Gasteiger partial charge on any atom is 0.367 e. The summed E-state index contributed by atoms with van der Waals surface area (Å²) in [6.45, 7) is 0. The van der Waals surface area contributed by atoms with E-state index in [1.54, 1.807) is 12.1 Å². The molecule has 0 atom stereocenters. The molecule has 0 spiro atoms. The normalized spacial score (nSPS) is 11.5. The Kier molecular flexibility index (Phi) is 5.53. The Hall–Kier alpha value is -1.17. The van der Waals surface area contributed by atoms with Gasteiger partial charge in [-0.1, -0.05) is 40.0 Å². The first-order valence-electron chi connectivity index (χ1n) is 4.62. The molecule has 5 nitrogen and oxygen atoms in total. The number of nitrogens with two attached hydrogens (primary N) is 1. The van der Waals surface area contributed by atoms with Gasteiger partial charge >= 0.3 is 5.97 Å². The lowest BCUT2D eigenvalue weighted by Crippen LogP contribution is -2.18. The SMILES string of the molecule is COc1ccc(Cl)cc1/C(N)=N/OC(=O)C(Cl)Cl. The maximum atomic E-state index is 11.0. The summed E-state index contributed by atoms with van der Waals surface area (Å²) in [4.78, 5) is 14.1. The van der Waals surface area contributed by atoms with E-state index in [2.05, 4.69) is 9.99 Å². The number of methoxy groups -OCH3 is 1. The molecule has 0 unspecified atom stereocenters. The smallest absolute Gasteiger partial charge is 0.367 e. The summed E-state index contributed by atoms with van der Waals surface area (Å²) >= 11 is 16.4. The minimum absolute atomic E-state index is 0.0864. The molecule has 0 aliphatic heterocycles. The zero-order valence-corrected chi connectivity index (χ0v) is 11.5. The summed E-state index contributed by atoms with van der Waals surface area (Å²) in [6, 6.07) is 4.75. The van der Waals surface area contributed by atoms with E-state index in [1.165, 1.54) is 13.2 Å². The van der Waals surface area contributed by atoms with Crippen molar-refractivity contribution in [2.24, 2.45) is 10.9 Å². The molecule has 0 aliphatic carbocycles. The molecule has 0 saturated carbocycles. The molecular formula is C10H9Cl3N2O3. The van der Waals surface area contributed by atoms with Crippen molar-refractivity contribution in [1.29, 1.82) is 0 Å². The molecule has 0 aliphatic rings. The lowest BCUT2D eigenvalue weighted by atomic mass is 10.2. The molecule has 0 bridgehead atoms. The van der Waals surface area contributed by atoms with Gasteiger partial charge in [-0.25, -0.2) is 4.79 Å². The van der Waals surface area contributed by atoms with Gasteiger partial charge in [-0.05, 0) is 18.2 Å². The van der Waals surface area contributed by atoms with Gasteiger partial charge in [0.05, 0.1) is 12.7 Å². The molecule has 2 N–H and O–H groups in total. The third-order valence-electron chi connectivity index (χ3n) is 1.85. The quantitative estimate of drug-likeness (QED) is 0.304. The van der Waals surface area contributed by atoms with E-state index >= 15 is 0 Å². The number of carbonyl (C=O) groups is 1. The highest BCUT2D eigenvalue weighted by Crippen LogP contribution is 2.22. The standard InChI is InChI=1S/C10H9Cl3N2O3/c1-17-7-3-2-5(11)4-6(7)9(14)15-18-10(16)8(12)13/h2-4,8H,1H3,(H2,14,15). The highest BCUT2D eigenvalue weighted by Gasteiger charge is 2.14. The second kappa shape index (κ2) is 6.68. The van der Waals surface area contributed by atoms with Crippen LogP contribution in [0.4, 0.5) is 0 Å². The Labute approximate surface area is 118 Å². The van der Waals surface area contributed by atoms with E-state index in [1.807, 2.05) is 0 Å². The number of alkyl halides is 2. The third-order valence-corrected chi connectivity index (χ3v) is 2.44. The number of hydrogen-bond acceptors (Lipinski definition) is 4. The van der Waals surface area contributed by atoms with Gasteiger partial charge in [-0.3, -0.25) is 0 Å². The third kappa shape index (κ3) is 3.94. The number of carbonyl (C=O) groups excluding carboxylic acids is 1. The number of hydrogen-bond donors (Lipinski definition) is 1. The Morgan fingerprint density at radius 2 is 2.11 bits per heavy atom. The monoisotopic (exact) mass is 310 g/mol. The Balaban J connectivity index is 2.95. The maximum absolute atomic E-state index is 11.0. The summed E-state index contributed by atoms with van der Waals surface area (Å²) in [5, 5.41) is 3.84. The van der Waals surface area contributed by atoms with Gasteiger partial charge in [0.15, 0.2) is 5.84 Å². The van der Waals surface area contributed by atoms with Gasteiger partial charge in [0.25, 0.3) is 0 Å². The first-order chi connectivity index (χ1) is 8.45. The number of halogens is 3. The van der Waals surface area contributed by atoms with Gasteiger partial charge in [-0.2, -0.15) is 0 Å². The van der Waals surface area contributed by atoms with E-state index in [-0.39, 0.29) is 5.84 Å². The minimum Gasteiger partial charge on any atom is -0.496 e. The molecule has 0 heterocycles. The molecule has 18 heavy (non-hydrogen) atoms. The summed E-state index contributed by atoms with van der Waals surface area (Å²) < 4.78 is 5.06. The number of nitrogens with zero attached hydrogens (tertiary/aromatic N) is 1. The average molecular weight is 312 g/mol. The topological polar surface area (TPSA) is 73.9 Å². The van der Waals surface area contributed by atoms with Crippen molar-refractivity contribution in [3.8, 4) is 5.75 Å². The molecule has 1 aromatic carbocycles. The molecular weight excluding hydrogens is 302 g/mol. The molecule has 0 aromatic heterocycles.